The Morgan fingerprint density at radius 3 is 2.00 bits per heavy atom. The van der Waals surface area contributed by atoms with Crippen molar-refractivity contribution in [2.45, 2.75) is 0 Å². The lowest BCUT2D eigenvalue weighted by molar-refractivity contribution is 0.0705. The van der Waals surface area contributed by atoms with Crippen molar-refractivity contribution in [3.05, 3.63) is 59.7 Å². The lowest BCUT2D eigenvalue weighted by atomic mass is 10.1. The van der Waals surface area contributed by atoms with Crippen LogP contribution in [0.15, 0.2) is 48.5 Å². The Balaban J connectivity index is 1.85. The summed E-state index contributed by atoms with van der Waals surface area (Å²) in [5.41, 5.74) is 8.21. The van der Waals surface area contributed by atoms with E-state index in [4.69, 9.17) is 20.3 Å². The average Bonchev–Trinajstić information content (AvgIpc) is 2.55. The van der Waals surface area contributed by atoms with E-state index in [9.17, 15) is 0 Å². The second-order valence-corrected chi connectivity index (χ2v) is 4.58. The van der Waals surface area contributed by atoms with Gasteiger partial charge in [0.2, 0.25) is 0 Å². The van der Waals surface area contributed by atoms with Gasteiger partial charge in [-0.3, -0.25) is 0 Å². The quantitative estimate of drug-likeness (QED) is 0.486. The second-order valence-electron chi connectivity index (χ2n) is 4.58. The number of nitrogen functional groups attached to an aromatic ring is 1. The Bertz CT molecular complexity index is 624. The van der Waals surface area contributed by atoms with E-state index in [1.54, 1.807) is 0 Å². The molecule has 0 atom stereocenters. The molecule has 0 bridgehead atoms. The first-order valence-corrected chi connectivity index (χ1v) is 7.07. The van der Waals surface area contributed by atoms with Gasteiger partial charge in [-0.2, -0.15) is 0 Å². The molecule has 2 aromatic carbocycles. The van der Waals surface area contributed by atoms with Crippen LogP contribution in [0.25, 0.3) is 0 Å². The highest BCUT2D eigenvalue weighted by Crippen LogP contribution is 2.11. The molecule has 0 aromatic heterocycles. The minimum Gasteiger partial charge on any atom is -0.491 e. The number of hydrogen-bond donors (Lipinski definition) is 2. The summed E-state index contributed by atoms with van der Waals surface area (Å²) < 4.78 is 10.6. The maximum atomic E-state index is 8.57. The van der Waals surface area contributed by atoms with Crippen LogP contribution in [0.3, 0.4) is 0 Å². The van der Waals surface area contributed by atoms with Gasteiger partial charge in [-0.25, -0.2) is 0 Å². The van der Waals surface area contributed by atoms with Gasteiger partial charge in [-0.05, 0) is 48.5 Å². The van der Waals surface area contributed by atoms with E-state index in [0.717, 1.165) is 22.6 Å². The van der Waals surface area contributed by atoms with Crippen molar-refractivity contribution < 1.29 is 14.6 Å². The van der Waals surface area contributed by atoms with E-state index < -0.39 is 0 Å². The number of nitrogens with two attached hydrogens (primary N) is 1. The molecule has 0 aliphatic carbocycles. The zero-order chi connectivity index (χ0) is 15.6. The van der Waals surface area contributed by atoms with Crippen molar-refractivity contribution >= 4 is 5.69 Å². The normalized spacial score (nSPS) is 9.86. The summed E-state index contributed by atoms with van der Waals surface area (Å²) in [7, 11) is 0. The van der Waals surface area contributed by atoms with Crippen molar-refractivity contribution in [2.24, 2.45) is 0 Å². The van der Waals surface area contributed by atoms with Crippen LogP contribution in [0.1, 0.15) is 11.1 Å². The van der Waals surface area contributed by atoms with E-state index in [1.165, 1.54) is 0 Å². The van der Waals surface area contributed by atoms with Crippen LogP contribution in [0, 0.1) is 11.8 Å². The first kappa shape index (κ1) is 15.9. The summed E-state index contributed by atoms with van der Waals surface area (Å²) in [5, 5.41) is 8.57. The molecule has 0 saturated heterocycles. The number of benzene rings is 2. The zero-order valence-electron chi connectivity index (χ0n) is 12.3. The minimum absolute atomic E-state index is 0.0291. The van der Waals surface area contributed by atoms with Gasteiger partial charge < -0.3 is 20.3 Å². The molecule has 4 heteroatoms. The topological polar surface area (TPSA) is 64.7 Å². The predicted octanol–water partition coefficient (Wildman–Crippen LogP) is 2.06. The first-order chi connectivity index (χ1) is 10.8. The van der Waals surface area contributed by atoms with E-state index >= 15 is 0 Å². The molecule has 3 N–H and O–H groups in total. The number of anilines is 1. The minimum atomic E-state index is 0.0291. The van der Waals surface area contributed by atoms with Gasteiger partial charge in [-0.1, -0.05) is 11.8 Å². The molecular formula is C18H19NO3. The first-order valence-electron chi connectivity index (χ1n) is 7.07. The van der Waals surface area contributed by atoms with Crippen molar-refractivity contribution in [2.75, 3.05) is 32.2 Å². The van der Waals surface area contributed by atoms with Crippen LogP contribution in [0.5, 0.6) is 5.75 Å². The van der Waals surface area contributed by atoms with Gasteiger partial charge in [0.05, 0.1) is 19.8 Å². The third-order valence-electron chi connectivity index (χ3n) is 2.85. The van der Waals surface area contributed by atoms with Crippen molar-refractivity contribution in [1.29, 1.82) is 0 Å². The maximum absolute atomic E-state index is 8.57. The molecule has 0 fully saturated rings. The van der Waals surface area contributed by atoms with Crippen LogP contribution in [-0.2, 0) is 4.74 Å². The van der Waals surface area contributed by atoms with Crippen LogP contribution in [0.2, 0.25) is 0 Å². The molecule has 4 nitrogen and oxygen atoms in total. The lowest BCUT2D eigenvalue weighted by Crippen LogP contribution is -2.08. The number of ether oxygens (including phenoxy) is 2. The molecule has 22 heavy (non-hydrogen) atoms. The summed E-state index contributed by atoms with van der Waals surface area (Å²) >= 11 is 0. The molecule has 0 spiro atoms. The van der Waals surface area contributed by atoms with E-state index in [2.05, 4.69) is 11.8 Å². The fourth-order valence-electron chi connectivity index (χ4n) is 1.73. The number of hydrogen-bond acceptors (Lipinski definition) is 4. The van der Waals surface area contributed by atoms with Gasteiger partial charge in [0.25, 0.3) is 0 Å². The summed E-state index contributed by atoms with van der Waals surface area (Å²) in [6.07, 6.45) is 0. The van der Waals surface area contributed by atoms with Gasteiger partial charge in [0.1, 0.15) is 12.4 Å². The molecule has 0 saturated carbocycles. The lowest BCUT2D eigenvalue weighted by Gasteiger charge is -2.06. The Labute approximate surface area is 130 Å². The van der Waals surface area contributed by atoms with Crippen molar-refractivity contribution in [3.63, 3.8) is 0 Å². The fourth-order valence-corrected chi connectivity index (χ4v) is 1.73. The van der Waals surface area contributed by atoms with Crippen LogP contribution >= 0.6 is 0 Å². The summed E-state index contributed by atoms with van der Waals surface area (Å²) in [5.74, 6) is 6.95. The van der Waals surface area contributed by atoms with Crippen LogP contribution in [0.4, 0.5) is 5.69 Å². The van der Waals surface area contributed by atoms with E-state index in [0.29, 0.717) is 19.8 Å². The molecule has 0 aliphatic heterocycles. The molecule has 0 heterocycles. The summed E-state index contributed by atoms with van der Waals surface area (Å²) in [6, 6.07) is 15.0. The van der Waals surface area contributed by atoms with Crippen molar-refractivity contribution in [3.8, 4) is 17.6 Å². The van der Waals surface area contributed by atoms with Gasteiger partial charge in [-0.15, -0.1) is 0 Å². The Morgan fingerprint density at radius 2 is 1.41 bits per heavy atom. The predicted molar refractivity (Wildman–Crippen MR) is 86.7 cm³/mol. The highest BCUT2D eigenvalue weighted by Gasteiger charge is 1.94. The summed E-state index contributed by atoms with van der Waals surface area (Å²) in [4.78, 5) is 0. The van der Waals surface area contributed by atoms with Crippen molar-refractivity contribution in [1.82, 2.24) is 0 Å². The molecule has 0 amide bonds. The Kier molecular flexibility index (Phi) is 6.31. The Hall–Kier alpha value is -2.48. The molecule has 2 rings (SSSR count). The van der Waals surface area contributed by atoms with Gasteiger partial charge >= 0.3 is 0 Å². The Morgan fingerprint density at radius 1 is 0.818 bits per heavy atom. The molecule has 0 radical (unpaired) electrons. The smallest absolute Gasteiger partial charge is 0.119 e. The highest BCUT2D eigenvalue weighted by molar-refractivity contribution is 5.48. The van der Waals surface area contributed by atoms with Crippen LogP contribution in [-0.4, -0.2) is 31.5 Å². The van der Waals surface area contributed by atoms with Crippen LogP contribution < -0.4 is 10.5 Å². The molecule has 0 unspecified atom stereocenters. The molecule has 114 valence electrons. The average molecular weight is 297 g/mol. The van der Waals surface area contributed by atoms with Gasteiger partial charge in [0, 0.05) is 16.8 Å². The largest absolute Gasteiger partial charge is 0.491 e. The van der Waals surface area contributed by atoms with Gasteiger partial charge in [0.15, 0.2) is 0 Å². The number of rotatable bonds is 6. The third kappa shape index (κ3) is 5.49. The molecule has 2 aromatic rings. The fraction of sp³-hybridized carbons (Fsp3) is 0.222. The monoisotopic (exact) mass is 297 g/mol. The number of aliphatic hydroxyl groups excluding tert-OH is 1. The van der Waals surface area contributed by atoms with E-state index in [1.807, 2.05) is 48.5 Å². The molecular weight excluding hydrogens is 278 g/mol. The van der Waals surface area contributed by atoms with E-state index in [-0.39, 0.29) is 6.61 Å². The second kappa shape index (κ2) is 8.73. The summed E-state index contributed by atoms with van der Waals surface area (Å²) in [6.45, 7) is 1.28. The highest BCUT2D eigenvalue weighted by atomic mass is 16.5. The standard InChI is InChI=1S/C18H19NO3/c19-17-7-3-15(4-8-17)1-2-16-5-9-18(10-6-16)22-14-13-21-12-11-20/h3-10,20H,11-14,19H2. The molecule has 0 aliphatic rings. The maximum Gasteiger partial charge on any atom is 0.119 e. The SMILES string of the molecule is Nc1ccc(C#Cc2ccc(OCCOCCO)cc2)cc1. The zero-order valence-corrected chi connectivity index (χ0v) is 12.3. The number of aliphatic hydroxyl groups is 1. The third-order valence-corrected chi connectivity index (χ3v) is 2.85.